The van der Waals surface area contributed by atoms with E-state index in [1.165, 1.54) is 23.1 Å². The maximum atomic E-state index is 12.9. The van der Waals surface area contributed by atoms with Crippen LogP contribution in [0.2, 0.25) is 0 Å². The van der Waals surface area contributed by atoms with Crippen molar-refractivity contribution in [2.45, 2.75) is 18.8 Å². The first-order chi connectivity index (χ1) is 15.4. The summed E-state index contributed by atoms with van der Waals surface area (Å²) in [5.41, 5.74) is -1.14. The fraction of sp³-hybridized carbons (Fsp3) is 0.364. The number of hydrogen-bond donors (Lipinski definition) is 0. The zero-order chi connectivity index (χ0) is 24.2. The molecule has 0 atom stereocenters. The Hall–Kier alpha value is -3.24. The van der Waals surface area contributed by atoms with Gasteiger partial charge >= 0.3 is 18.3 Å². The highest BCUT2D eigenvalue weighted by atomic mass is 19.4. The fourth-order valence-corrected chi connectivity index (χ4v) is 3.40. The molecule has 2 aromatic rings. The van der Waals surface area contributed by atoms with Crippen LogP contribution in [0, 0.1) is 0 Å². The van der Waals surface area contributed by atoms with Crippen molar-refractivity contribution in [2.75, 3.05) is 37.7 Å². The van der Waals surface area contributed by atoms with E-state index in [1.54, 1.807) is 11.0 Å². The van der Waals surface area contributed by atoms with Crippen molar-refractivity contribution in [3.05, 3.63) is 65.2 Å². The maximum absolute atomic E-state index is 12.9. The van der Waals surface area contributed by atoms with Crippen molar-refractivity contribution in [1.82, 2.24) is 4.90 Å². The molecule has 33 heavy (non-hydrogen) atoms. The molecule has 0 N–H and O–H groups in total. The molecule has 178 valence electrons. The molecule has 0 spiro atoms. The van der Waals surface area contributed by atoms with Gasteiger partial charge in [-0.05, 0) is 29.8 Å². The molecule has 1 aliphatic heterocycles. The van der Waals surface area contributed by atoms with E-state index >= 15 is 0 Å². The van der Waals surface area contributed by atoms with Gasteiger partial charge in [-0.2, -0.15) is 26.3 Å². The SMILES string of the molecule is O=C(Cc1cccc(C(F)(F)F)c1)OCC(=O)N1CCN(c2cccc(C(F)(F)F)c2)CC1. The number of amides is 1. The highest BCUT2D eigenvalue weighted by molar-refractivity contribution is 5.81. The first-order valence-corrected chi connectivity index (χ1v) is 9.95. The largest absolute Gasteiger partial charge is 0.455 e. The number of carbonyl (C=O) groups excluding carboxylic acids is 2. The van der Waals surface area contributed by atoms with Gasteiger partial charge in [0.05, 0.1) is 17.5 Å². The lowest BCUT2D eigenvalue weighted by Crippen LogP contribution is -2.50. The topological polar surface area (TPSA) is 49.9 Å². The van der Waals surface area contributed by atoms with E-state index in [1.807, 2.05) is 0 Å². The number of anilines is 1. The van der Waals surface area contributed by atoms with Crippen molar-refractivity contribution in [3.8, 4) is 0 Å². The third-order valence-electron chi connectivity index (χ3n) is 5.13. The number of carbonyl (C=O) groups is 2. The van der Waals surface area contributed by atoms with Crippen LogP contribution in [0.25, 0.3) is 0 Å². The minimum Gasteiger partial charge on any atom is -0.455 e. The van der Waals surface area contributed by atoms with Gasteiger partial charge in [0.15, 0.2) is 6.61 Å². The number of halogens is 6. The summed E-state index contributed by atoms with van der Waals surface area (Å²) in [7, 11) is 0. The van der Waals surface area contributed by atoms with Crippen LogP contribution in [0.3, 0.4) is 0 Å². The van der Waals surface area contributed by atoms with Crippen LogP contribution in [0.1, 0.15) is 16.7 Å². The summed E-state index contributed by atoms with van der Waals surface area (Å²) in [6, 6.07) is 9.17. The van der Waals surface area contributed by atoms with E-state index in [0.29, 0.717) is 18.8 Å². The van der Waals surface area contributed by atoms with Gasteiger partial charge in [0.25, 0.3) is 5.91 Å². The molecule has 0 unspecified atom stereocenters. The molecule has 1 fully saturated rings. The van der Waals surface area contributed by atoms with Gasteiger partial charge in [-0.1, -0.05) is 24.3 Å². The molecule has 1 amide bonds. The molecule has 0 aliphatic carbocycles. The molecule has 1 heterocycles. The summed E-state index contributed by atoms with van der Waals surface area (Å²) < 4.78 is 81.9. The molecular weight excluding hydrogens is 454 g/mol. The van der Waals surface area contributed by atoms with Crippen LogP contribution >= 0.6 is 0 Å². The van der Waals surface area contributed by atoms with E-state index in [-0.39, 0.29) is 18.7 Å². The summed E-state index contributed by atoms with van der Waals surface area (Å²) >= 11 is 0. The maximum Gasteiger partial charge on any atom is 0.416 e. The first kappa shape index (κ1) is 24.4. The smallest absolute Gasteiger partial charge is 0.416 e. The predicted octanol–water partition coefficient (Wildman–Crippen LogP) is 4.16. The van der Waals surface area contributed by atoms with Crippen molar-refractivity contribution < 1.29 is 40.7 Å². The van der Waals surface area contributed by atoms with Crippen LogP contribution in [0.15, 0.2) is 48.5 Å². The second-order valence-electron chi connectivity index (χ2n) is 7.45. The number of nitrogens with zero attached hydrogens (tertiary/aromatic N) is 2. The van der Waals surface area contributed by atoms with E-state index in [2.05, 4.69) is 0 Å². The molecule has 1 saturated heterocycles. The molecular formula is C22H20F6N2O3. The summed E-state index contributed by atoms with van der Waals surface area (Å²) in [6.07, 6.45) is -9.40. The van der Waals surface area contributed by atoms with E-state index in [0.717, 1.165) is 24.3 Å². The standard InChI is InChI=1S/C22H20F6N2O3/c23-21(24,25)16-4-1-3-15(11-16)12-20(32)33-14-19(31)30-9-7-29(8-10-30)18-6-2-5-17(13-18)22(26,27)28/h1-6,11,13H,7-10,12,14H2. The minimum atomic E-state index is -4.54. The molecule has 0 bridgehead atoms. The average Bonchev–Trinajstić information content (AvgIpc) is 2.77. The Kier molecular flexibility index (Phi) is 7.19. The normalized spacial score (nSPS) is 14.8. The highest BCUT2D eigenvalue weighted by Gasteiger charge is 2.32. The number of alkyl halides is 6. The van der Waals surface area contributed by atoms with Crippen molar-refractivity contribution in [1.29, 1.82) is 0 Å². The number of benzene rings is 2. The number of esters is 1. The Morgan fingerprint density at radius 3 is 2.00 bits per heavy atom. The van der Waals surface area contributed by atoms with Crippen molar-refractivity contribution >= 4 is 17.6 Å². The van der Waals surface area contributed by atoms with E-state index < -0.39 is 48.4 Å². The lowest BCUT2D eigenvalue weighted by atomic mass is 10.1. The molecule has 3 rings (SSSR count). The Morgan fingerprint density at radius 2 is 1.39 bits per heavy atom. The second kappa shape index (κ2) is 9.72. The monoisotopic (exact) mass is 474 g/mol. The van der Waals surface area contributed by atoms with Gasteiger partial charge in [0.1, 0.15) is 0 Å². The third-order valence-corrected chi connectivity index (χ3v) is 5.13. The van der Waals surface area contributed by atoms with Crippen LogP contribution in [0.5, 0.6) is 0 Å². The highest BCUT2D eigenvalue weighted by Crippen LogP contribution is 2.32. The summed E-state index contributed by atoms with van der Waals surface area (Å²) in [5, 5.41) is 0. The minimum absolute atomic E-state index is 0.108. The molecule has 5 nitrogen and oxygen atoms in total. The van der Waals surface area contributed by atoms with Crippen molar-refractivity contribution in [2.24, 2.45) is 0 Å². The molecule has 0 aromatic heterocycles. The fourth-order valence-electron chi connectivity index (χ4n) is 3.40. The second-order valence-corrected chi connectivity index (χ2v) is 7.45. The zero-order valence-corrected chi connectivity index (χ0v) is 17.2. The number of hydrogen-bond acceptors (Lipinski definition) is 4. The van der Waals surface area contributed by atoms with Crippen LogP contribution in [-0.2, 0) is 33.1 Å². The van der Waals surface area contributed by atoms with Crippen LogP contribution in [0.4, 0.5) is 32.0 Å². The Bertz CT molecular complexity index is 998. The van der Waals surface area contributed by atoms with Gasteiger partial charge < -0.3 is 14.5 Å². The summed E-state index contributed by atoms with van der Waals surface area (Å²) in [6.45, 7) is 0.471. The van der Waals surface area contributed by atoms with Crippen molar-refractivity contribution in [3.63, 3.8) is 0 Å². The number of ether oxygens (including phenoxy) is 1. The Morgan fingerprint density at radius 1 is 0.818 bits per heavy atom. The van der Waals surface area contributed by atoms with E-state index in [9.17, 15) is 35.9 Å². The molecule has 0 radical (unpaired) electrons. The van der Waals surface area contributed by atoms with Gasteiger partial charge in [0.2, 0.25) is 0 Å². The molecule has 0 saturated carbocycles. The van der Waals surface area contributed by atoms with Crippen LogP contribution < -0.4 is 4.90 Å². The Labute approximate surface area is 185 Å². The lowest BCUT2D eigenvalue weighted by Gasteiger charge is -2.36. The van der Waals surface area contributed by atoms with Crippen LogP contribution in [-0.4, -0.2) is 49.6 Å². The first-order valence-electron chi connectivity index (χ1n) is 9.95. The molecule has 1 aliphatic rings. The van der Waals surface area contributed by atoms with Gasteiger partial charge in [-0.25, -0.2) is 0 Å². The number of piperazine rings is 1. The summed E-state index contributed by atoms with van der Waals surface area (Å²) in [4.78, 5) is 27.4. The van der Waals surface area contributed by atoms with E-state index in [4.69, 9.17) is 4.74 Å². The predicted molar refractivity (Wildman–Crippen MR) is 106 cm³/mol. The molecule has 11 heteroatoms. The third kappa shape index (κ3) is 6.62. The Balaban J connectivity index is 1.47. The lowest BCUT2D eigenvalue weighted by molar-refractivity contribution is -0.151. The number of rotatable bonds is 5. The average molecular weight is 474 g/mol. The zero-order valence-electron chi connectivity index (χ0n) is 17.2. The van der Waals surface area contributed by atoms with Gasteiger partial charge in [-0.3, -0.25) is 9.59 Å². The quantitative estimate of drug-likeness (QED) is 0.483. The van der Waals surface area contributed by atoms with Gasteiger partial charge in [0, 0.05) is 31.9 Å². The summed E-state index contributed by atoms with van der Waals surface area (Å²) in [5.74, 6) is -1.33. The molecule has 2 aromatic carbocycles. The van der Waals surface area contributed by atoms with Gasteiger partial charge in [-0.15, -0.1) is 0 Å².